The van der Waals surface area contributed by atoms with Crippen molar-refractivity contribution in [2.45, 2.75) is 44.1 Å². The largest absolute Gasteiger partial charge is 0.325 e. The molecule has 2 aliphatic rings. The predicted molar refractivity (Wildman–Crippen MR) is 117 cm³/mol. The monoisotopic (exact) mass is 466 g/mol. The lowest BCUT2D eigenvalue weighted by molar-refractivity contribution is -0.132. The average molecular weight is 467 g/mol. The van der Waals surface area contributed by atoms with Crippen molar-refractivity contribution < 1.29 is 14.4 Å². The fourth-order valence-electron chi connectivity index (χ4n) is 3.92. The summed E-state index contributed by atoms with van der Waals surface area (Å²) in [6.07, 6.45) is 4.24. The fourth-order valence-corrected chi connectivity index (χ4v) is 5.03. The van der Waals surface area contributed by atoms with Crippen molar-refractivity contribution >= 4 is 57.5 Å². The van der Waals surface area contributed by atoms with Crippen molar-refractivity contribution in [2.24, 2.45) is 0 Å². The van der Waals surface area contributed by atoms with Crippen LogP contribution in [0.1, 0.15) is 38.5 Å². The van der Waals surface area contributed by atoms with E-state index in [9.17, 15) is 14.4 Å². The number of anilines is 1. The molecule has 158 valence electrons. The van der Waals surface area contributed by atoms with Gasteiger partial charge in [0.05, 0.1) is 10.7 Å². The van der Waals surface area contributed by atoms with Crippen LogP contribution >= 0.6 is 34.5 Å². The zero-order chi connectivity index (χ0) is 21.3. The van der Waals surface area contributed by atoms with E-state index in [-0.39, 0.29) is 24.8 Å². The lowest BCUT2D eigenvalue weighted by Gasteiger charge is -2.30. The molecule has 4 amide bonds. The molecule has 1 aliphatic carbocycles. The van der Waals surface area contributed by atoms with E-state index in [1.54, 1.807) is 23.6 Å². The Labute approximate surface area is 187 Å². The molecule has 10 heteroatoms. The van der Waals surface area contributed by atoms with Crippen molar-refractivity contribution in [1.82, 2.24) is 15.2 Å². The van der Waals surface area contributed by atoms with Crippen LogP contribution in [0.2, 0.25) is 10.0 Å². The second-order valence-corrected chi connectivity index (χ2v) is 9.19. The first-order valence-electron chi connectivity index (χ1n) is 9.73. The third kappa shape index (κ3) is 4.17. The van der Waals surface area contributed by atoms with E-state index < -0.39 is 11.6 Å². The van der Waals surface area contributed by atoms with E-state index in [1.165, 1.54) is 11.3 Å². The van der Waals surface area contributed by atoms with Crippen molar-refractivity contribution in [3.63, 3.8) is 0 Å². The summed E-state index contributed by atoms with van der Waals surface area (Å²) in [6.45, 7) is 0.0383. The minimum atomic E-state index is -0.772. The maximum Gasteiger partial charge on any atom is 0.325 e. The van der Waals surface area contributed by atoms with Gasteiger partial charge in [0.1, 0.15) is 5.54 Å². The number of carbonyl (C=O) groups excluding carboxylic acids is 3. The molecule has 0 unspecified atom stereocenters. The van der Waals surface area contributed by atoms with Gasteiger partial charge in [0, 0.05) is 28.9 Å². The summed E-state index contributed by atoms with van der Waals surface area (Å²) in [7, 11) is 0. The maximum absolute atomic E-state index is 12.8. The van der Waals surface area contributed by atoms with Gasteiger partial charge in [-0.1, -0.05) is 42.5 Å². The van der Waals surface area contributed by atoms with Crippen LogP contribution in [-0.2, 0) is 9.59 Å². The van der Waals surface area contributed by atoms with E-state index in [2.05, 4.69) is 15.6 Å². The highest BCUT2D eigenvalue weighted by Crippen LogP contribution is 2.34. The molecule has 2 heterocycles. The summed E-state index contributed by atoms with van der Waals surface area (Å²) >= 11 is 13.5. The van der Waals surface area contributed by atoms with Crippen molar-refractivity contribution in [2.75, 3.05) is 11.9 Å². The Kier molecular flexibility index (Phi) is 5.99. The summed E-state index contributed by atoms with van der Waals surface area (Å²) in [6, 6.07) is 4.68. The molecule has 1 aromatic heterocycles. The van der Waals surface area contributed by atoms with Crippen molar-refractivity contribution in [3.8, 4) is 11.3 Å². The zero-order valence-corrected chi connectivity index (χ0v) is 18.4. The molecule has 1 spiro atoms. The van der Waals surface area contributed by atoms with Gasteiger partial charge in [-0.25, -0.2) is 9.78 Å². The molecule has 1 saturated carbocycles. The van der Waals surface area contributed by atoms with Gasteiger partial charge in [0.25, 0.3) is 5.91 Å². The molecule has 2 N–H and O–H groups in total. The van der Waals surface area contributed by atoms with Gasteiger partial charge < -0.3 is 10.6 Å². The number of aromatic nitrogens is 1. The van der Waals surface area contributed by atoms with Crippen molar-refractivity contribution in [3.05, 3.63) is 33.6 Å². The first-order valence-corrected chi connectivity index (χ1v) is 11.4. The summed E-state index contributed by atoms with van der Waals surface area (Å²) in [5, 5.41) is 8.80. The number of halogens is 2. The maximum atomic E-state index is 12.8. The van der Waals surface area contributed by atoms with E-state index in [4.69, 9.17) is 23.2 Å². The number of hydrogen-bond donors (Lipinski definition) is 2. The summed E-state index contributed by atoms with van der Waals surface area (Å²) < 4.78 is 0. The van der Waals surface area contributed by atoms with Crippen LogP contribution in [0.3, 0.4) is 0 Å². The number of rotatable bonds is 5. The molecule has 1 aliphatic heterocycles. The second kappa shape index (κ2) is 8.53. The average Bonchev–Trinajstić information content (AvgIpc) is 3.26. The number of imide groups is 1. The molecule has 2 fully saturated rings. The van der Waals surface area contributed by atoms with Crippen molar-refractivity contribution in [1.29, 1.82) is 0 Å². The van der Waals surface area contributed by atoms with Gasteiger partial charge in [0.15, 0.2) is 5.13 Å². The fraction of sp³-hybridized carbons (Fsp3) is 0.400. The van der Waals surface area contributed by atoms with Gasteiger partial charge >= 0.3 is 6.03 Å². The quantitative estimate of drug-likeness (QED) is 0.624. The second-order valence-electron chi connectivity index (χ2n) is 7.49. The van der Waals surface area contributed by atoms with E-state index in [1.807, 2.05) is 0 Å². The number of thiazole rings is 1. The first-order chi connectivity index (χ1) is 14.4. The van der Waals surface area contributed by atoms with Gasteiger partial charge in [-0.2, -0.15) is 0 Å². The van der Waals surface area contributed by atoms with Crippen LogP contribution in [-0.4, -0.2) is 39.8 Å². The number of amides is 4. The third-order valence-electron chi connectivity index (χ3n) is 5.47. The molecule has 0 atom stereocenters. The number of hydrogen-bond acceptors (Lipinski definition) is 5. The number of nitrogens with one attached hydrogen (secondary N) is 2. The third-order valence-corrected chi connectivity index (χ3v) is 6.79. The Morgan fingerprint density at radius 1 is 1.23 bits per heavy atom. The van der Waals surface area contributed by atoms with Crippen LogP contribution < -0.4 is 10.6 Å². The molecule has 7 nitrogen and oxygen atoms in total. The Hall–Kier alpha value is -2.16. The molecule has 0 bridgehead atoms. The number of benzene rings is 1. The Bertz CT molecular complexity index is 1000. The molecule has 0 radical (unpaired) electrons. The van der Waals surface area contributed by atoms with E-state index in [0.29, 0.717) is 39.3 Å². The molecular weight excluding hydrogens is 447 g/mol. The standard InChI is InChI=1S/C20H20Cl2N4O3S/c21-12-4-5-14(22)13(10-12)15-11-30-18(23-15)24-16(27)6-9-26-17(28)20(25-19(26)29)7-2-1-3-8-20/h4-5,10-11H,1-3,6-9H2,(H,25,29)(H,23,24,27). The molecular formula is C20H20Cl2N4O3S. The predicted octanol–water partition coefficient (Wildman–Crippen LogP) is 4.70. The number of carbonyl (C=O) groups is 3. The SMILES string of the molecule is O=C(CCN1C(=O)NC2(CCCCC2)C1=O)Nc1nc(-c2cc(Cl)ccc2Cl)cs1. The van der Waals surface area contributed by atoms with Crippen LogP contribution in [0.5, 0.6) is 0 Å². The van der Waals surface area contributed by atoms with Crippen LogP contribution in [0, 0.1) is 0 Å². The summed E-state index contributed by atoms with van der Waals surface area (Å²) in [5.41, 5.74) is 0.515. The Morgan fingerprint density at radius 2 is 2.00 bits per heavy atom. The number of urea groups is 1. The lowest BCUT2D eigenvalue weighted by atomic mass is 9.82. The van der Waals surface area contributed by atoms with Gasteiger partial charge in [-0.15, -0.1) is 11.3 Å². The highest BCUT2D eigenvalue weighted by Gasteiger charge is 2.51. The van der Waals surface area contributed by atoms with Crippen LogP contribution in [0.25, 0.3) is 11.3 Å². The van der Waals surface area contributed by atoms with Gasteiger partial charge in [0.2, 0.25) is 5.91 Å². The van der Waals surface area contributed by atoms with E-state index in [0.717, 1.165) is 24.2 Å². The summed E-state index contributed by atoms with van der Waals surface area (Å²) in [4.78, 5) is 42.9. The molecule has 4 rings (SSSR count). The van der Waals surface area contributed by atoms with Crippen LogP contribution in [0.15, 0.2) is 23.6 Å². The van der Waals surface area contributed by atoms with E-state index >= 15 is 0 Å². The zero-order valence-electron chi connectivity index (χ0n) is 16.0. The minimum Gasteiger partial charge on any atom is -0.323 e. The molecule has 30 heavy (non-hydrogen) atoms. The minimum absolute atomic E-state index is 0.00206. The topological polar surface area (TPSA) is 91.4 Å². The highest BCUT2D eigenvalue weighted by molar-refractivity contribution is 7.14. The molecule has 2 aromatic rings. The normalized spacial score (nSPS) is 18.0. The number of nitrogens with zero attached hydrogens (tertiary/aromatic N) is 2. The molecule has 1 saturated heterocycles. The smallest absolute Gasteiger partial charge is 0.323 e. The lowest BCUT2D eigenvalue weighted by Crippen LogP contribution is -2.48. The van der Waals surface area contributed by atoms with Crippen LogP contribution in [0.4, 0.5) is 9.93 Å². The van der Waals surface area contributed by atoms with Gasteiger partial charge in [-0.3, -0.25) is 14.5 Å². The Morgan fingerprint density at radius 3 is 2.77 bits per heavy atom. The van der Waals surface area contributed by atoms with Gasteiger partial charge in [-0.05, 0) is 31.0 Å². The Balaban J connectivity index is 1.36. The first kappa shape index (κ1) is 21.1. The highest BCUT2D eigenvalue weighted by atomic mass is 35.5. The molecule has 1 aromatic carbocycles. The summed E-state index contributed by atoms with van der Waals surface area (Å²) in [5.74, 6) is -0.537.